The van der Waals surface area contributed by atoms with Crippen LogP contribution in [0.1, 0.15) is 42.2 Å². The molecule has 0 aliphatic carbocycles. The van der Waals surface area contributed by atoms with Gasteiger partial charge in [-0.2, -0.15) is 0 Å². The number of hydrogen-bond donors (Lipinski definition) is 1. The molecule has 0 bridgehead atoms. The number of pyridine rings is 1. The zero-order chi connectivity index (χ0) is 12.3. The van der Waals surface area contributed by atoms with Gasteiger partial charge in [-0.25, -0.2) is 4.98 Å². The first-order valence-electron chi connectivity index (χ1n) is 5.75. The Morgan fingerprint density at radius 2 is 1.88 bits per heavy atom. The van der Waals surface area contributed by atoms with Crippen molar-refractivity contribution in [1.82, 2.24) is 15.3 Å². The number of aryl methyl sites for hydroxylation is 1. The lowest BCUT2D eigenvalue weighted by atomic mass is 10.1. The number of aromatic nitrogens is 2. The largest absolute Gasteiger partial charge is 0.302 e. The maximum Gasteiger partial charge on any atom is 0.0898 e. The van der Waals surface area contributed by atoms with Crippen LogP contribution in [0, 0.1) is 6.92 Å². The molecule has 0 radical (unpaired) electrons. The van der Waals surface area contributed by atoms with Gasteiger partial charge in [0.05, 0.1) is 10.7 Å². The fourth-order valence-electron chi connectivity index (χ4n) is 1.79. The molecule has 0 saturated carbocycles. The number of rotatable bonds is 4. The highest BCUT2D eigenvalue weighted by Crippen LogP contribution is 2.20. The summed E-state index contributed by atoms with van der Waals surface area (Å²) in [5, 5.41) is 6.78. The first-order chi connectivity index (χ1) is 8.16. The van der Waals surface area contributed by atoms with E-state index in [1.807, 2.05) is 31.5 Å². The van der Waals surface area contributed by atoms with Gasteiger partial charge < -0.3 is 5.32 Å². The Kier molecular flexibility index (Phi) is 3.86. The third kappa shape index (κ3) is 3.11. The smallest absolute Gasteiger partial charge is 0.0898 e. The second-order valence-electron chi connectivity index (χ2n) is 4.18. The fourth-order valence-corrected chi connectivity index (χ4v) is 2.49. The summed E-state index contributed by atoms with van der Waals surface area (Å²) in [6.45, 7) is 6.34. The number of hydrogen-bond acceptors (Lipinski definition) is 4. The second-order valence-corrected chi connectivity index (χ2v) is 5.24. The van der Waals surface area contributed by atoms with E-state index in [-0.39, 0.29) is 6.04 Å². The van der Waals surface area contributed by atoms with Gasteiger partial charge in [-0.05, 0) is 38.5 Å². The maximum atomic E-state index is 4.50. The zero-order valence-electron chi connectivity index (χ0n) is 10.3. The van der Waals surface area contributed by atoms with Crippen LogP contribution in [0.4, 0.5) is 0 Å². The monoisotopic (exact) mass is 247 g/mol. The average molecular weight is 247 g/mol. The van der Waals surface area contributed by atoms with Crippen molar-refractivity contribution in [1.29, 1.82) is 0 Å². The van der Waals surface area contributed by atoms with Crippen LogP contribution in [-0.2, 0) is 0 Å². The highest BCUT2D eigenvalue weighted by Gasteiger charge is 2.12. The Morgan fingerprint density at radius 1 is 1.18 bits per heavy atom. The average Bonchev–Trinajstić information content (AvgIpc) is 2.77. The lowest BCUT2D eigenvalue weighted by Gasteiger charge is -2.18. The molecule has 4 heteroatoms. The Morgan fingerprint density at radius 3 is 2.47 bits per heavy atom. The molecule has 17 heavy (non-hydrogen) atoms. The van der Waals surface area contributed by atoms with Gasteiger partial charge in [-0.15, -0.1) is 11.3 Å². The van der Waals surface area contributed by atoms with Crippen LogP contribution in [0.3, 0.4) is 0 Å². The molecule has 0 fully saturated rings. The minimum absolute atomic E-state index is 0.267. The van der Waals surface area contributed by atoms with E-state index < -0.39 is 0 Å². The summed E-state index contributed by atoms with van der Waals surface area (Å²) in [5.74, 6) is 0. The van der Waals surface area contributed by atoms with Crippen molar-refractivity contribution in [3.63, 3.8) is 0 Å². The van der Waals surface area contributed by atoms with Crippen molar-refractivity contribution < 1.29 is 0 Å². The van der Waals surface area contributed by atoms with Crippen molar-refractivity contribution >= 4 is 11.3 Å². The maximum absolute atomic E-state index is 4.50. The summed E-state index contributed by atoms with van der Waals surface area (Å²) in [4.78, 5) is 8.53. The topological polar surface area (TPSA) is 37.8 Å². The summed E-state index contributed by atoms with van der Waals surface area (Å²) in [7, 11) is 0. The third-order valence-corrected chi connectivity index (χ3v) is 3.58. The van der Waals surface area contributed by atoms with Gasteiger partial charge in [-0.3, -0.25) is 4.98 Å². The van der Waals surface area contributed by atoms with Crippen molar-refractivity contribution in [2.75, 3.05) is 0 Å². The Hall–Kier alpha value is -1.26. The lowest BCUT2D eigenvalue weighted by Crippen LogP contribution is -2.22. The van der Waals surface area contributed by atoms with Gasteiger partial charge in [0.1, 0.15) is 0 Å². The molecule has 2 heterocycles. The van der Waals surface area contributed by atoms with E-state index in [1.54, 1.807) is 11.3 Å². The summed E-state index contributed by atoms with van der Waals surface area (Å²) >= 11 is 1.69. The molecule has 2 rings (SSSR count). The predicted octanol–water partition coefficient (Wildman–Crippen LogP) is 3.26. The zero-order valence-corrected chi connectivity index (χ0v) is 11.2. The van der Waals surface area contributed by atoms with E-state index in [0.29, 0.717) is 6.04 Å². The molecular formula is C13H17N3S. The molecule has 0 spiro atoms. The van der Waals surface area contributed by atoms with Crippen molar-refractivity contribution in [3.8, 4) is 0 Å². The summed E-state index contributed by atoms with van der Waals surface area (Å²) in [6, 6.07) is 4.64. The molecule has 0 saturated heterocycles. The predicted molar refractivity (Wildman–Crippen MR) is 71.1 cm³/mol. The highest BCUT2D eigenvalue weighted by molar-refractivity contribution is 7.09. The van der Waals surface area contributed by atoms with Crippen LogP contribution in [0.25, 0.3) is 0 Å². The molecule has 2 aromatic heterocycles. The van der Waals surface area contributed by atoms with Gasteiger partial charge in [0.15, 0.2) is 0 Å². The second kappa shape index (κ2) is 5.38. The molecule has 2 atom stereocenters. The van der Waals surface area contributed by atoms with Crippen LogP contribution < -0.4 is 5.32 Å². The van der Waals surface area contributed by atoms with Crippen molar-refractivity contribution in [2.24, 2.45) is 0 Å². The van der Waals surface area contributed by atoms with Crippen molar-refractivity contribution in [3.05, 3.63) is 46.2 Å². The van der Waals surface area contributed by atoms with E-state index in [0.717, 1.165) is 10.7 Å². The van der Waals surface area contributed by atoms with E-state index in [2.05, 4.69) is 34.5 Å². The van der Waals surface area contributed by atoms with Crippen LogP contribution in [0.5, 0.6) is 0 Å². The highest BCUT2D eigenvalue weighted by atomic mass is 32.1. The minimum atomic E-state index is 0.267. The molecule has 90 valence electrons. The van der Waals surface area contributed by atoms with Gasteiger partial charge in [0.2, 0.25) is 0 Å². The van der Waals surface area contributed by atoms with Crippen LogP contribution in [0.2, 0.25) is 0 Å². The summed E-state index contributed by atoms with van der Waals surface area (Å²) in [5.41, 5.74) is 2.37. The van der Waals surface area contributed by atoms with E-state index in [9.17, 15) is 0 Å². The van der Waals surface area contributed by atoms with Gasteiger partial charge in [-0.1, -0.05) is 0 Å². The molecule has 1 N–H and O–H groups in total. The quantitative estimate of drug-likeness (QED) is 0.901. The lowest BCUT2D eigenvalue weighted by molar-refractivity contribution is 0.487. The van der Waals surface area contributed by atoms with Crippen LogP contribution >= 0.6 is 11.3 Å². The number of thiazole rings is 1. The standard InChI is InChI=1S/C13H17N3S/c1-9(12-4-6-14-7-5-12)15-10(2)13-8-17-11(3)16-13/h4-10,15H,1-3H3. The molecular weight excluding hydrogens is 230 g/mol. The van der Waals surface area contributed by atoms with Crippen LogP contribution in [-0.4, -0.2) is 9.97 Å². The molecule has 0 aromatic carbocycles. The Bertz CT molecular complexity index is 467. The minimum Gasteiger partial charge on any atom is -0.302 e. The van der Waals surface area contributed by atoms with Gasteiger partial charge in [0, 0.05) is 29.9 Å². The van der Waals surface area contributed by atoms with E-state index in [1.165, 1.54) is 5.56 Å². The SMILES string of the molecule is Cc1nc(C(C)NC(C)c2ccncc2)cs1. The first-order valence-corrected chi connectivity index (χ1v) is 6.63. The van der Waals surface area contributed by atoms with E-state index >= 15 is 0 Å². The number of nitrogens with one attached hydrogen (secondary N) is 1. The van der Waals surface area contributed by atoms with Gasteiger partial charge >= 0.3 is 0 Å². The number of nitrogens with zero attached hydrogens (tertiary/aromatic N) is 2. The molecule has 0 aliphatic rings. The normalized spacial score (nSPS) is 14.5. The van der Waals surface area contributed by atoms with Crippen molar-refractivity contribution in [2.45, 2.75) is 32.9 Å². The Balaban J connectivity index is 2.02. The summed E-state index contributed by atoms with van der Waals surface area (Å²) in [6.07, 6.45) is 3.65. The third-order valence-electron chi connectivity index (χ3n) is 2.79. The molecule has 3 nitrogen and oxygen atoms in total. The Labute approximate surface area is 106 Å². The molecule has 0 aliphatic heterocycles. The van der Waals surface area contributed by atoms with Crippen LogP contribution in [0.15, 0.2) is 29.9 Å². The molecule has 0 amide bonds. The molecule has 2 aromatic rings. The van der Waals surface area contributed by atoms with Gasteiger partial charge in [0.25, 0.3) is 0 Å². The summed E-state index contributed by atoms with van der Waals surface area (Å²) < 4.78 is 0. The first kappa shape index (κ1) is 12.2. The van der Waals surface area contributed by atoms with E-state index in [4.69, 9.17) is 0 Å². The molecule has 2 unspecified atom stereocenters. The fraction of sp³-hybridized carbons (Fsp3) is 0.385.